The molecule has 5 unspecified atom stereocenters. The SMILES string of the molecule is C[C@]12CCC3C(CC4OC[C@@]35CCC(O)C=C45)C1CC=C2I. The first-order chi connectivity index (χ1) is 10.5. The average molecular weight is 412 g/mol. The summed E-state index contributed by atoms with van der Waals surface area (Å²) >= 11 is 2.60. The second kappa shape index (κ2) is 4.60. The van der Waals surface area contributed by atoms with Gasteiger partial charge < -0.3 is 9.84 Å². The van der Waals surface area contributed by atoms with Gasteiger partial charge in [0.2, 0.25) is 0 Å². The minimum absolute atomic E-state index is 0.230. The van der Waals surface area contributed by atoms with E-state index < -0.39 is 0 Å². The molecule has 1 aliphatic heterocycles. The molecular weight excluding hydrogens is 387 g/mol. The summed E-state index contributed by atoms with van der Waals surface area (Å²) in [6.45, 7) is 3.43. The number of fused-ring (bicyclic) bond motifs is 3. The highest BCUT2D eigenvalue weighted by Crippen LogP contribution is 2.68. The first-order valence-electron chi connectivity index (χ1n) is 8.93. The van der Waals surface area contributed by atoms with E-state index >= 15 is 0 Å². The summed E-state index contributed by atoms with van der Waals surface area (Å²) in [7, 11) is 0. The van der Waals surface area contributed by atoms with Crippen molar-refractivity contribution >= 4 is 22.6 Å². The predicted octanol–water partition coefficient (Wildman–Crippen LogP) is 4.23. The van der Waals surface area contributed by atoms with Gasteiger partial charge in [-0.05, 0) is 88.0 Å². The maximum atomic E-state index is 10.1. The predicted molar refractivity (Wildman–Crippen MR) is 94.6 cm³/mol. The van der Waals surface area contributed by atoms with Crippen molar-refractivity contribution < 1.29 is 9.84 Å². The van der Waals surface area contributed by atoms with Crippen molar-refractivity contribution in [2.24, 2.45) is 28.6 Å². The van der Waals surface area contributed by atoms with E-state index in [1.165, 1.54) is 31.3 Å². The van der Waals surface area contributed by atoms with Crippen LogP contribution in [-0.4, -0.2) is 23.9 Å². The Balaban J connectivity index is 1.56. The summed E-state index contributed by atoms with van der Waals surface area (Å²) < 4.78 is 7.88. The molecule has 5 aliphatic rings. The molecule has 0 radical (unpaired) electrons. The summed E-state index contributed by atoms with van der Waals surface area (Å²) in [5.74, 6) is 2.44. The summed E-state index contributed by atoms with van der Waals surface area (Å²) in [5, 5.41) is 10.1. The van der Waals surface area contributed by atoms with Crippen LogP contribution >= 0.6 is 22.6 Å². The van der Waals surface area contributed by atoms with E-state index in [0.717, 1.165) is 37.2 Å². The number of aliphatic hydroxyl groups is 1. The zero-order chi connectivity index (χ0) is 15.1. The number of aliphatic hydroxyl groups excluding tert-OH is 1. The van der Waals surface area contributed by atoms with Crippen molar-refractivity contribution in [3.8, 4) is 0 Å². The van der Waals surface area contributed by atoms with Gasteiger partial charge in [-0.3, -0.25) is 0 Å². The first-order valence-corrected chi connectivity index (χ1v) is 10.0. The second-order valence-electron chi connectivity index (χ2n) is 8.54. The third-order valence-electron chi connectivity index (χ3n) is 7.84. The number of hydrogen-bond acceptors (Lipinski definition) is 2. The van der Waals surface area contributed by atoms with Crippen molar-refractivity contribution in [2.45, 2.75) is 57.7 Å². The van der Waals surface area contributed by atoms with Gasteiger partial charge in [-0.1, -0.05) is 19.1 Å². The Morgan fingerprint density at radius 2 is 2.14 bits per heavy atom. The Hall–Kier alpha value is 0.130. The Bertz CT molecular complexity index is 582. The van der Waals surface area contributed by atoms with Gasteiger partial charge in [-0.15, -0.1) is 0 Å². The van der Waals surface area contributed by atoms with Crippen LogP contribution in [0.4, 0.5) is 0 Å². The summed E-state index contributed by atoms with van der Waals surface area (Å²) in [5.41, 5.74) is 2.20. The third kappa shape index (κ3) is 1.63. The fourth-order valence-corrected chi connectivity index (χ4v) is 7.62. The van der Waals surface area contributed by atoms with E-state index in [-0.39, 0.29) is 11.5 Å². The molecule has 2 bridgehead atoms. The highest BCUT2D eigenvalue weighted by Gasteiger charge is 2.63. The molecule has 4 aliphatic carbocycles. The largest absolute Gasteiger partial charge is 0.389 e. The lowest BCUT2D eigenvalue weighted by atomic mass is 9.47. The van der Waals surface area contributed by atoms with Gasteiger partial charge >= 0.3 is 0 Å². The van der Waals surface area contributed by atoms with Gasteiger partial charge in [0.05, 0.1) is 18.8 Å². The third-order valence-corrected chi connectivity index (χ3v) is 9.51. The Kier molecular flexibility index (Phi) is 3.03. The molecule has 5 rings (SSSR count). The first kappa shape index (κ1) is 14.5. The fraction of sp³-hybridized carbons (Fsp3) is 0.789. The van der Waals surface area contributed by atoms with E-state index in [9.17, 15) is 5.11 Å². The molecule has 2 nitrogen and oxygen atoms in total. The van der Waals surface area contributed by atoms with Gasteiger partial charge in [-0.25, -0.2) is 0 Å². The lowest BCUT2D eigenvalue weighted by molar-refractivity contribution is -0.0227. The van der Waals surface area contributed by atoms with E-state index in [2.05, 4.69) is 41.7 Å². The van der Waals surface area contributed by atoms with Crippen molar-refractivity contribution in [3.63, 3.8) is 0 Å². The van der Waals surface area contributed by atoms with Crippen LogP contribution < -0.4 is 0 Å². The zero-order valence-electron chi connectivity index (χ0n) is 13.2. The van der Waals surface area contributed by atoms with Gasteiger partial charge in [0.25, 0.3) is 0 Å². The molecule has 1 N–H and O–H groups in total. The van der Waals surface area contributed by atoms with E-state index in [0.29, 0.717) is 11.5 Å². The molecule has 7 atom stereocenters. The molecule has 0 aromatic rings. The highest BCUT2D eigenvalue weighted by molar-refractivity contribution is 14.1. The van der Waals surface area contributed by atoms with Gasteiger partial charge in [0, 0.05) is 10.8 Å². The van der Waals surface area contributed by atoms with E-state index in [1.54, 1.807) is 3.58 Å². The summed E-state index contributed by atoms with van der Waals surface area (Å²) in [4.78, 5) is 0. The number of rotatable bonds is 0. The molecule has 2 saturated carbocycles. The zero-order valence-corrected chi connectivity index (χ0v) is 15.4. The van der Waals surface area contributed by atoms with Gasteiger partial charge in [0.15, 0.2) is 0 Å². The Labute approximate surface area is 146 Å². The van der Waals surface area contributed by atoms with Crippen molar-refractivity contribution in [2.75, 3.05) is 6.61 Å². The molecule has 0 aromatic carbocycles. The maximum Gasteiger partial charge on any atom is 0.0795 e. The summed E-state index contributed by atoms with van der Waals surface area (Å²) in [6, 6.07) is 0. The summed E-state index contributed by atoms with van der Waals surface area (Å²) in [6.07, 6.45) is 12.0. The monoisotopic (exact) mass is 412 g/mol. The topological polar surface area (TPSA) is 29.5 Å². The Morgan fingerprint density at radius 3 is 3.00 bits per heavy atom. The van der Waals surface area contributed by atoms with Crippen LogP contribution in [0, 0.1) is 28.6 Å². The molecule has 0 aromatic heterocycles. The molecule has 0 amide bonds. The van der Waals surface area contributed by atoms with Crippen molar-refractivity contribution in [3.05, 3.63) is 21.3 Å². The van der Waals surface area contributed by atoms with Crippen LogP contribution in [0.5, 0.6) is 0 Å². The molecular formula is C19H25IO2. The minimum Gasteiger partial charge on any atom is -0.389 e. The van der Waals surface area contributed by atoms with Crippen LogP contribution in [0.2, 0.25) is 0 Å². The minimum atomic E-state index is -0.230. The van der Waals surface area contributed by atoms with Crippen LogP contribution in [0.15, 0.2) is 21.3 Å². The smallest absolute Gasteiger partial charge is 0.0795 e. The lowest BCUT2D eigenvalue weighted by Gasteiger charge is -2.56. The van der Waals surface area contributed by atoms with Crippen LogP contribution in [0.25, 0.3) is 0 Å². The van der Waals surface area contributed by atoms with Crippen LogP contribution in [0.1, 0.15) is 45.4 Å². The van der Waals surface area contributed by atoms with Crippen LogP contribution in [0.3, 0.4) is 0 Å². The van der Waals surface area contributed by atoms with Crippen LogP contribution in [-0.2, 0) is 4.74 Å². The Morgan fingerprint density at radius 1 is 1.27 bits per heavy atom. The van der Waals surface area contributed by atoms with Gasteiger partial charge in [-0.2, -0.15) is 0 Å². The van der Waals surface area contributed by atoms with Crippen molar-refractivity contribution in [1.82, 2.24) is 0 Å². The van der Waals surface area contributed by atoms with E-state index in [4.69, 9.17) is 4.74 Å². The number of hydrogen-bond donors (Lipinski definition) is 1. The van der Waals surface area contributed by atoms with Crippen molar-refractivity contribution in [1.29, 1.82) is 0 Å². The molecule has 22 heavy (non-hydrogen) atoms. The molecule has 3 heteroatoms. The standard InChI is InChI=1S/C19H25IO2/c1-18-6-5-14-12(13(18)2-3-17(18)20)9-16-15-8-11(21)4-7-19(14,15)10-22-16/h3,8,11-14,16,21H,2,4-7,9-10H2,1H3/t11?,12?,13?,14?,16?,18-,19-/m0/s1. The highest BCUT2D eigenvalue weighted by atomic mass is 127. The molecule has 120 valence electrons. The number of halogens is 1. The fourth-order valence-electron chi connectivity index (χ4n) is 6.69. The number of allylic oxidation sites excluding steroid dienone is 2. The molecule has 3 fully saturated rings. The van der Waals surface area contributed by atoms with E-state index in [1.807, 2.05) is 0 Å². The molecule has 1 saturated heterocycles. The van der Waals surface area contributed by atoms with Gasteiger partial charge in [0.1, 0.15) is 0 Å². The average Bonchev–Trinajstić information content (AvgIpc) is 2.94. The maximum absolute atomic E-state index is 10.1. The molecule has 1 heterocycles. The quantitative estimate of drug-likeness (QED) is 0.477. The number of ether oxygens (including phenoxy) is 1. The normalized spacial score (nSPS) is 55.9. The second-order valence-corrected chi connectivity index (χ2v) is 9.70. The molecule has 0 spiro atoms. The lowest BCUT2D eigenvalue weighted by Crippen LogP contribution is -2.52.